The van der Waals surface area contributed by atoms with Gasteiger partial charge in [0, 0.05) is 25.7 Å². The molecule has 0 bridgehead atoms. The Balaban J connectivity index is 2.14. The molecule has 7 nitrogen and oxygen atoms in total. The third-order valence-electron chi connectivity index (χ3n) is 2.81. The molecule has 1 saturated heterocycles. The Morgan fingerprint density at radius 2 is 2.25 bits per heavy atom. The van der Waals surface area contributed by atoms with E-state index in [-0.39, 0.29) is 23.5 Å². The number of nitrogens with zero attached hydrogens (tertiary/aromatic N) is 4. The molecule has 1 amide bonds. The molecule has 1 fully saturated rings. The number of nitrogens with two attached hydrogens (primary N) is 1. The van der Waals surface area contributed by atoms with E-state index in [2.05, 4.69) is 19.8 Å². The number of rotatable bonds is 1. The highest BCUT2D eigenvalue weighted by Gasteiger charge is 2.29. The summed E-state index contributed by atoms with van der Waals surface area (Å²) in [6.07, 6.45) is 0. The number of aromatic nitrogens is 2. The number of carbonyl (C=O) groups excluding carboxylic acids is 1. The molecule has 2 N–H and O–H groups in total. The first-order valence-corrected chi connectivity index (χ1v) is 5.17. The average Bonchev–Trinajstić information content (AvgIpc) is 2.63. The van der Waals surface area contributed by atoms with E-state index < -0.39 is 0 Å². The standard InChI is InChI=1S/C9H15N5O2/c1-6-5-13(2)3-4-14(6)9(15)7-8(10)12-16-11-7/h6H,3-5H2,1-2H3,(H2,10,12). The zero-order valence-corrected chi connectivity index (χ0v) is 9.38. The van der Waals surface area contributed by atoms with Gasteiger partial charge in [-0.05, 0) is 24.3 Å². The molecule has 1 unspecified atom stereocenters. The molecule has 0 aliphatic carbocycles. The van der Waals surface area contributed by atoms with Gasteiger partial charge < -0.3 is 15.5 Å². The number of anilines is 1. The van der Waals surface area contributed by atoms with Gasteiger partial charge in [-0.2, -0.15) is 0 Å². The summed E-state index contributed by atoms with van der Waals surface area (Å²) >= 11 is 0. The molecule has 1 aliphatic rings. The normalized spacial score (nSPS) is 22.4. The van der Waals surface area contributed by atoms with Gasteiger partial charge in [-0.25, -0.2) is 4.63 Å². The molecule has 16 heavy (non-hydrogen) atoms. The SMILES string of the molecule is CC1CN(C)CCN1C(=O)c1nonc1N. The Morgan fingerprint density at radius 1 is 1.50 bits per heavy atom. The number of nitrogen functional groups attached to an aromatic ring is 1. The van der Waals surface area contributed by atoms with Crippen LogP contribution in [0.3, 0.4) is 0 Å². The number of carbonyl (C=O) groups is 1. The first kappa shape index (κ1) is 10.9. The molecule has 0 spiro atoms. The predicted octanol–water partition coefficient (Wildman–Crippen LogP) is -0.572. The van der Waals surface area contributed by atoms with Crippen molar-refractivity contribution in [1.82, 2.24) is 20.1 Å². The molecule has 2 heterocycles. The Bertz CT molecular complexity index is 391. The van der Waals surface area contributed by atoms with E-state index in [4.69, 9.17) is 5.73 Å². The van der Waals surface area contributed by atoms with Crippen molar-refractivity contribution >= 4 is 11.7 Å². The minimum atomic E-state index is -0.209. The van der Waals surface area contributed by atoms with Gasteiger partial charge in [0.25, 0.3) is 5.91 Å². The first-order valence-electron chi connectivity index (χ1n) is 5.17. The fraction of sp³-hybridized carbons (Fsp3) is 0.667. The van der Waals surface area contributed by atoms with Crippen LogP contribution in [0.1, 0.15) is 17.4 Å². The monoisotopic (exact) mass is 225 g/mol. The lowest BCUT2D eigenvalue weighted by atomic mass is 10.2. The maximum atomic E-state index is 12.1. The quantitative estimate of drug-likeness (QED) is 0.688. The largest absolute Gasteiger partial charge is 0.379 e. The Labute approximate surface area is 93.1 Å². The van der Waals surface area contributed by atoms with E-state index in [0.29, 0.717) is 6.54 Å². The molecule has 88 valence electrons. The molecule has 1 aromatic rings. The third kappa shape index (κ3) is 1.85. The smallest absolute Gasteiger partial charge is 0.280 e. The molecular weight excluding hydrogens is 210 g/mol. The highest BCUT2D eigenvalue weighted by Crippen LogP contribution is 2.14. The van der Waals surface area contributed by atoms with Crippen molar-refractivity contribution < 1.29 is 9.42 Å². The average molecular weight is 225 g/mol. The van der Waals surface area contributed by atoms with Crippen LogP contribution in [0.2, 0.25) is 0 Å². The zero-order chi connectivity index (χ0) is 11.7. The van der Waals surface area contributed by atoms with Gasteiger partial charge in [-0.15, -0.1) is 0 Å². The Kier molecular flexibility index (Phi) is 2.78. The van der Waals surface area contributed by atoms with Crippen LogP contribution in [0.4, 0.5) is 5.82 Å². The predicted molar refractivity (Wildman–Crippen MR) is 56.7 cm³/mol. The molecule has 0 saturated carbocycles. The van der Waals surface area contributed by atoms with Crippen LogP contribution in [0.25, 0.3) is 0 Å². The Morgan fingerprint density at radius 3 is 2.81 bits per heavy atom. The first-order chi connectivity index (χ1) is 7.59. The van der Waals surface area contributed by atoms with Crippen LogP contribution < -0.4 is 5.73 Å². The van der Waals surface area contributed by atoms with Crippen molar-refractivity contribution in [1.29, 1.82) is 0 Å². The minimum absolute atomic E-state index is 0.0520. The topological polar surface area (TPSA) is 88.5 Å². The van der Waals surface area contributed by atoms with Gasteiger partial charge in [0.15, 0.2) is 0 Å². The second-order valence-corrected chi connectivity index (χ2v) is 4.11. The van der Waals surface area contributed by atoms with Crippen LogP contribution in [0.5, 0.6) is 0 Å². The molecule has 1 atom stereocenters. The maximum absolute atomic E-state index is 12.1. The molecule has 7 heteroatoms. The van der Waals surface area contributed by atoms with Crippen LogP contribution in [0, 0.1) is 0 Å². The summed E-state index contributed by atoms with van der Waals surface area (Å²) in [6, 6.07) is 0.141. The van der Waals surface area contributed by atoms with E-state index in [9.17, 15) is 4.79 Å². The number of hydrogen-bond acceptors (Lipinski definition) is 6. The second-order valence-electron chi connectivity index (χ2n) is 4.11. The maximum Gasteiger partial charge on any atom is 0.280 e. The van der Waals surface area contributed by atoms with Gasteiger partial charge >= 0.3 is 0 Å². The highest BCUT2D eigenvalue weighted by molar-refractivity contribution is 5.96. The van der Waals surface area contributed by atoms with E-state index >= 15 is 0 Å². The van der Waals surface area contributed by atoms with Crippen molar-refractivity contribution in [2.75, 3.05) is 32.4 Å². The van der Waals surface area contributed by atoms with Crippen molar-refractivity contribution in [3.05, 3.63) is 5.69 Å². The summed E-state index contributed by atoms with van der Waals surface area (Å²) < 4.78 is 4.43. The molecule has 0 radical (unpaired) electrons. The molecule has 1 aromatic heterocycles. The Hall–Kier alpha value is -1.63. The number of piperazine rings is 1. The molecular formula is C9H15N5O2. The summed E-state index contributed by atoms with van der Waals surface area (Å²) in [6.45, 7) is 4.36. The fourth-order valence-corrected chi connectivity index (χ4v) is 1.92. The highest BCUT2D eigenvalue weighted by atomic mass is 16.6. The van der Waals surface area contributed by atoms with E-state index in [1.165, 1.54) is 0 Å². The van der Waals surface area contributed by atoms with Crippen LogP contribution >= 0.6 is 0 Å². The summed E-state index contributed by atoms with van der Waals surface area (Å²) in [5.41, 5.74) is 5.60. The van der Waals surface area contributed by atoms with Crippen molar-refractivity contribution in [2.45, 2.75) is 13.0 Å². The molecule has 2 rings (SSSR count). The van der Waals surface area contributed by atoms with E-state index in [1.807, 2.05) is 14.0 Å². The lowest BCUT2D eigenvalue weighted by Crippen LogP contribution is -2.52. The van der Waals surface area contributed by atoms with Crippen molar-refractivity contribution in [2.24, 2.45) is 0 Å². The third-order valence-corrected chi connectivity index (χ3v) is 2.81. The molecule has 0 aromatic carbocycles. The number of hydrogen-bond donors (Lipinski definition) is 1. The van der Waals surface area contributed by atoms with Gasteiger partial charge in [-0.3, -0.25) is 4.79 Å². The lowest BCUT2D eigenvalue weighted by Gasteiger charge is -2.37. The zero-order valence-electron chi connectivity index (χ0n) is 9.38. The van der Waals surface area contributed by atoms with Gasteiger partial charge in [0.2, 0.25) is 11.5 Å². The van der Waals surface area contributed by atoms with Gasteiger partial charge in [0.1, 0.15) is 0 Å². The van der Waals surface area contributed by atoms with Gasteiger partial charge in [-0.1, -0.05) is 0 Å². The summed E-state index contributed by atoms with van der Waals surface area (Å²) in [5, 5.41) is 6.93. The van der Waals surface area contributed by atoms with Crippen LogP contribution in [0.15, 0.2) is 4.63 Å². The van der Waals surface area contributed by atoms with Crippen LogP contribution in [-0.2, 0) is 0 Å². The summed E-state index contributed by atoms with van der Waals surface area (Å²) in [7, 11) is 2.03. The number of likely N-dealkylation sites (N-methyl/N-ethyl adjacent to an activating group) is 1. The van der Waals surface area contributed by atoms with Crippen molar-refractivity contribution in [3.63, 3.8) is 0 Å². The lowest BCUT2D eigenvalue weighted by molar-refractivity contribution is 0.0524. The van der Waals surface area contributed by atoms with Crippen LogP contribution in [-0.4, -0.2) is 58.7 Å². The van der Waals surface area contributed by atoms with E-state index in [1.54, 1.807) is 4.90 Å². The van der Waals surface area contributed by atoms with Crippen molar-refractivity contribution in [3.8, 4) is 0 Å². The van der Waals surface area contributed by atoms with Gasteiger partial charge in [0.05, 0.1) is 0 Å². The molecule has 1 aliphatic heterocycles. The summed E-state index contributed by atoms with van der Waals surface area (Å²) in [5.74, 6) is -0.157. The number of amides is 1. The fourth-order valence-electron chi connectivity index (χ4n) is 1.92. The minimum Gasteiger partial charge on any atom is -0.379 e. The van der Waals surface area contributed by atoms with E-state index in [0.717, 1.165) is 13.1 Å². The second kappa shape index (κ2) is 4.09. The summed E-state index contributed by atoms with van der Waals surface area (Å²) in [4.78, 5) is 16.0.